The molecule has 0 radical (unpaired) electrons. The van der Waals surface area contributed by atoms with E-state index in [1.807, 2.05) is 0 Å². The van der Waals surface area contributed by atoms with E-state index in [9.17, 15) is 13.2 Å². The molecular formula is C9H10ClF3N2. The molecule has 6 heteroatoms. The molecule has 1 rings (SSSR count). The van der Waals surface area contributed by atoms with Crippen molar-refractivity contribution in [3.05, 3.63) is 29.3 Å². The van der Waals surface area contributed by atoms with Crippen molar-refractivity contribution in [2.75, 3.05) is 11.9 Å². The molecule has 0 aromatic heterocycles. The summed E-state index contributed by atoms with van der Waals surface area (Å²) in [6.07, 6.45) is -4.35. The van der Waals surface area contributed by atoms with Crippen molar-refractivity contribution in [2.24, 2.45) is 5.73 Å². The normalized spacial score (nSPS) is 13.7. The number of rotatable bonds is 3. The summed E-state index contributed by atoms with van der Waals surface area (Å²) in [5, 5.41) is 2.76. The first kappa shape index (κ1) is 12.1. The number of hydrogen-bond donors (Lipinski definition) is 2. The first-order valence-corrected chi connectivity index (χ1v) is 4.60. The van der Waals surface area contributed by atoms with Gasteiger partial charge in [0.25, 0.3) is 0 Å². The topological polar surface area (TPSA) is 38.0 Å². The number of nitrogens with two attached hydrogens (primary N) is 1. The molecule has 1 aromatic rings. The average molecular weight is 239 g/mol. The van der Waals surface area contributed by atoms with Gasteiger partial charge in [-0.2, -0.15) is 13.2 Å². The quantitative estimate of drug-likeness (QED) is 0.850. The molecule has 15 heavy (non-hydrogen) atoms. The van der Waals surface area contributed by atoms with Crippen molar-refractivity contribution in [1.82, 2.24) is 0 Å². The smallest absolute Gasteiger partial charge is 0.373 e. The molecular weight excluding hydrogens is 229 g/mol. The second kappa shape index (κ2) is 4.72. The fraction of sp³-hybridized carbons (Fsp3) is 0.333. The van der Waals surface area contributed by atoms with Crippen LogP contribution >= 0.6 is 11.6 Å². The predicted molar refractivity (Wildman–Crippen MR) is 54.0 cm³/mol. The fourth-order valence-electron chi connectivity index (χ4n) is 1.02. The Bertz CT molecular complexity index is 310. The molecule has 2 nitrogen and oxygen atoms in total. The van der Waals surface area contributed by atoms with Crippen LogP contribution in [0.2, 0.25) is 5.02 Å². The first-order valence-electron chi connectivity index (χ1n) is 4.22. The maximum Gasteiger partial charge on any atom is 0.409 e. The van der Waals surface area contributed by atoms with Crippen molar-refractivity contribution in [1.29, 1.82) is 0 Å². The predicted octanol–water partition coefficient (Wildman–Crippen LogP) is 2.64. The van der Waals surface area contributed by atoms with Crippen molar-refractivity contribution < 1.29 is 13.2 Å². The molecule has 84 valence electrons. The van der Waals surface area contributed by atoms with Gasteiger partial charge in [0.1, 0.15) is 6.04 Å². The summed E-state index contributed by atoms with van der Waals surface area (Å²) < 4.78 is 37.0. The third-order valence-electron chi connectivity index (χ3n) is 1.82. The van der Waals surface area contributed by atoms with Crippen LogP contribution in [-0.4, -0.2) is 18.8 Å². The molecule has 0 bridgehead atoms. The zero-order valence-corrected chi connectivity index (χ0v) is 8.44. The second-order valence-corrected chi connectivity index (χ2v) is 3.42. The van der Waals surface area contributed by atoms with Gasteiger partial charge in [-0.3, -0.25) is 0 Å². The third kappa shape index (κ3) is 3.60. The minimum Gasteiger partial charge on any atom is -0.373 e. The van der Waals surface area contributed by atoms with Gasteiger partial charge in [-0.1, -0.05) is 11.6 Å². The molecule has 0 fully saturated rings. The average Bonchev–Trinajstić information content (AvgIpc) is 2.15. The molecule has 0 aliphatic rings. The molecule has 0 spiro atoms. The molecule has 3 N–H and O–H groups in total. The Hall–Kier alpha value is -0.940. The van der Waals surface area contributed by atoms with E-state index in [0.29, 0.717) is 10.7 Å². The van der Waals surface area contributed by atoms with Gasteiger partial charge in [0.15, 0.2) is 0 Å². The summed E-state index contributed by atoms with van der Waals surface area (Å²) in [5.41, 5.74) is 5.37. The van der Waals surface area contributed by atoms with E-state index < -0.39 is 18.8 Å². The Balaban J connectivity index is 2.71. The standard InChI is InChI=1S/C9H10ClF3N2/c10-6-1-3-7(4-2-6)15-8(5-14)9(11,12)13/h1-4,8,15H,5,14H2. The van der Waals surface area contributed by atoms with Gasteiger partial charge in [0.05, 0.1) is 0 Å². The van der Waals surface area contributed by atoms with Gasteiger partial charge in [-0.25, -0.2) is 0 Å². The summed E-state index contributed by atoms with van der Waals surface area (Å²) in [4.78, 5) is 0. The van der Waals surface area contributed by atoms with Gasteiger partial charge in [-0.15, -0.1) is 0 Å². The molecule has 0 aliphatic heterocycles. The maximum absolute atomic E-state index is 12.3. The third-order valence-corrected chi connectivity index (χ3v) is 2.07. The van der Waals surface area contributed by atoms with E-state index >= 15 is 0 Å². The van der Waals surface area contributed by atoms with E-state index in [0.717, 1.165) is 0 Å². The van der Waals surface area contributed by atoms with Crippen LogP contribution in [0.25, 0.3) is 0 Å². The van der Waals surface area contributed by atoms with Crippen LogP contribution in [0.5, 0.6) is 0 Å². The first-order chi connectivity index (χ1) is 6.93. The highest BCUT2D eigenvalue weighted by Gasteiger charge is 2.38. The molecule has 0 saturated carbocycles. The van der Waals surface area contributed by atoms with E-state index in [1.165, 1.54) is 24.3 Å². The molecule has 0 saturated heterocycles. The lowest BCUT2D eigenvalue weighted by Crippen LogP contribution is -2.42. The lowest BCUT2D eigenvalue weighted by molar-refractivity contribution is -0.140. The zero-order valence-electron chi connectivity index (χ0n) is 7.68. The summed E-state index contributed by atoms with van der Waals surface area (Å²) in [6.45, 7) is -0.508. The summed E-state index contributed by atoms with van der Waals surface area (Å²) >= 11 is 5.60. The number of anilines is 1. The van der Waals surface area contributed by atoms with Gasteiger partial charge in [-0.05, 0) is 24.3 Å². The highest BCUT2D eigenvalue weighted by molar-refractivity contribution is 6.30. The number of nitrogens with one attached hydrogen (secondary N) is 1. The lowest BCUT2D eigenvalue weighted by atomic mass is 10.2. The number of alkyl halides is 3. The molecule has 1 unspecified atom stereocenters. The van der Waals surface area contributed by atoms with E-state index in [2.05, 4.69) is 5.32 Å². The maximum atomic E-state index is 12.3. The van der Waals surface area contributed by atoms with Crippen molar-refractivity contribution in [3.63, 3.8) is 0 Å². The number of hydrogen-bond acceptors (Lipinski definition) is 2. The molecule has 0 amide bonds. The Morgan fingerprint density at radius 3 is 2.20 bits per heavy atom. The fourth-order valence-corrected chi connectivity index (χ4v) is 1.15. The Morgan fingerprint density at radius 1 is 1.27 bits per heavy atom. The Kier molecular flexibility index (Phi) is 3.82. The minimum absolute atomic E-state index is 0.340. The summed E-state index contributed by atoms with van der Waals surface area (Å²) in [7, 11) is 0. The summed E-state index contributed by atoms with van der Waals surface area (Å²) in [5.74, 6) is 0. The van der Waals surface area contributed by atoms with Gasteiger partial charge in [0.2, 0.25) is 0 Å². The van der Waals surface area contributed by atoms with Gasteiger partial charge < -0.3 is 11.1 Å². The molecule has 0 heterocycles. The highest BCUT2D eigenvalue weighted by Crippen LogP contribution is 2.23. The van der Waals surface area contributed by atoms with Crippen LogP contribution < -0.4 is 11.1 Å². The highest BCUT2D eigenvalue weighted by atomic mass is 35.5. The largest absolute Gasteiger partial charge is 0.409 e. The van der Waals surface area contributed by atoms with Crippen LogP contribution in [0.4, 0.5) is 18.9 Å². The monoisotopic (exact) mass is 238 g/mol. The Labute approximate surface area is 90.2 Å². The lowest BCUT2D eigenvalue weighted by Gasteiger charge is -2.20. The SMILES string of the molecule is NCC(Nc1ccc(Cl)cc1)C(F)(F)F. The van der Waals surface area contributed by atoms with Gasteiger partial charge >= 0.3 is 6.18 Å². The molecule has 0 aliphatic carbocycles. The number of benzene rings is 1. The van der Waals surface area contributed by atoms with E-state index in [1.54, 1.807) is 0 Å². The second-order valence-electron chi connectivity index (χ2n) is 2.98. The molecule has 1 aromatic carbocycles. The van der Waals surface area contributed by atoms with Crippen LogP contribution in [-0.2, 0) is 0 Å². The van der Waals surface area contributed by atoms with Gasteiger partial charge in [0, 0.05) is 17.3 Å². The molecule has 1 atom stereocenters. The van der Waals surface area contributed by atoms with E-state index in [-0.39, 0.29) is 0 Å². The Morgan fingerprint density at radius 2 is 1.80 bits per heavy atom. The minimum atomic E-state index is -4.35. The summed E-state index contributed by atoms with van der Waals surface area (Å²) in [6, 6.07) is 4.22. The van der Waals surface area contributed by atoms with Crippen LogP contribution in [0.1, 0.15) is 0 Å². The van der Waals surface area contributed by atoms with Crippen molar-refractivity contribution >= 4 is 17.3 Å². The zero-order chi connectivity index (χ0) is 11.5. The van der Waals surface area contributed by atoms with Crippen molar-refractivity contribution in [3.8, 4) is 0 Å². The van der Waals surface area contributed by atoms with E-state index in [4.69, 9.17) is 17.3 Å². The van der Waals surface area contributed by atoms with Crippen molar-refractivity contribution in [2.45, 2.75) is 12.2 Å². The number of halogens is 4. The van der Waals surface area contributed by atoms with Crippen LogP contribution in [0, 0.1) is 0 Å². The van der Waals surface area contributed by atoms with Crippen LogP contribution in [0.3, 0.4) is 0 Å². The van der Waals surface area contributed by atoms with Crippen LogP contribution in [0.15, 0.2) is 24.3 Å².